The number of carbonyl (C=O) groups is 1. The molecule has 3 atom stereocenters. The lowest BCUT2D eigenvalue weighted by Gasteiger charge is -2.34. The molecule has 62 valence electrons. The second kappa shape index (κ2) is 2.77. The number of thioether (sulfide) groups is 1. The second-order valence-corrected chi connectivity index (χ2v) is 4.84. The van der Waals surface area contributed by atoms with Gasteiger partial charge in [-0.1, -0.05) is 6.42 Å². The average molecular weight is 174 g/mol. The van der Waals surface area contributed by atoms with Crippen LogP contribution in [0.15, 0.2) is 0 Å². The lowest BCUT2D eigenvalue weighted by Crippen LogP contribution is -2.39. The van der Waals surface area contributed by atoms with Gasteiger partial charge >= 0.3 is 0 Å². The standard InChI is InChI=1S/C8H11FOS/c9-8-6(10)4-5-2-1-3-7(8)11-5/h5,7-8H,1-4H2. The molecule has 0 spiro atoms. The highest BCUT2D eigenvalue weighted by Crippen LogP contribution is 2.41. The Balaban J connectivity index is 2.11. The lowest BCUT2D eigenvalue weighted by atomic mass is 9.96. The normalized spacial score (nSPS) is 44.1. The summed E-state index contributed by atoms with van der Waals surface area (Å²) in [6.07, 6.45) is 2.43. The Labute approximate surface area is 69.7 Å². The third-order valence-electron chi connectivity index (χ3n) is 2.44. The average Bonchev–Trinajstić information content (AvgIpc) is 2.01. The van der Waals surface area contributed by atoms with E-state index in [1.165, 1.54) is 0 Å². The van der Waals surface area contributed by atoms with Gasteiger partial charge in [-0.2, -0.15) is 11.8 Å². The van der Waals surface area contributed by atoms with Crippen LogP contribution in [0, 0.1) is 0 Å². The van der Waals surface area contributed by atoms with Gasteiger partial charge in [0.1, 0.15) is 0 Å². The molecule has 0 aromatic rings. The van der Waals surface area contributed by atoms with E-state index in [9.17, 15) is 9.18 Å². The van der Waals surface area contributed by atoms with Crippen LogP contribution in [0.2, 0.25) is 0 Å². The molecule has 2 aliphatic rings. The molecule has 11 heavy (non-hydrogen) atoms. The van der Waals surface area contributed by atoms with Gasteiger partial charge in [0.25, 0.3) is 0 Å². The van der Waals surface area contributed by atoms with Gasteiger partial charge in [0, 0.05) is 16.9 Å². The number of hydrogen-bond donors (Lipinski definition) is 0. The van der Waals surface area contributed by atoms with Gasteiger partial charge in [0.05, 0.1) is 0 Å². The molecule has 0 N–H and O–H groups in total. The third-order valence-corrected chi connectivity index (χ3v) is 4.06. The summed E-state index contributed by atoms with van der Waals surface area (Å²) in [5, 5.41) is 0.434. The molecular formula is C8H11FOS. The topological polar surface area (TPSA) is 17.1 Å². The third kappa shape index (κ3) is 1.31. The summed E-state index contributed by atoms with van der Waals surface area (Å²) in [5.74, 6) is -0.154. The van der Waals surface area contributed by atoms with Crippen molar-refractivity contribution >= 4 is 17.5 Å². The molecule has 2 heterocycles. The molecule has 1 nitrogen and oxygen atoms in total. The molecule has 0 aromatic heterocycles. The first kappa shape index (κ1) is 7.59. The summed E-state index contributed by atoms with van der Waals surface area (Å²) < 4.78 is 13.1. The van der Waals surface area contributed by atoms with E-state index >= 15 is 0 Å². The van der Waals surface area contributed by atoms with E-state index in [4.69, 9.17) is 0 Å². The number of halogens is 1. The van der Waals surface area contributed by atoms with Crippen molar-refractivity contribution < 1.29 is 9.18 Å². The highest BCUT2D eigenvalue weighted by atomic mass is 32.2. The van der Waals surface area contributed by atoms with Gasteiger partial charge in [0.15, 0.2) is 12.0 Å². The zero-order chi connectivity index (χ0) is 7.84. The Kier molecular flexibility index (Phi) is 1.91. The van der Waals surface area contributed by atoms with Gasteiger partial charge < -0.3 is 0 Å². The van der Waals surface area contributed by atoms with E-state index in [2.05, 4.69) is 0 Å². The van der Waals surface area contributed by atoms with Crippen molar-refractivity contribution in [2.75, 3.05) is 0 Å². The van der Waals surface area contributed by atoms with Crippen LogP contribution in [0.25, 0.3) is 0 Å². The quantitative estimate of drug-likeness (QED) is 0.558. The Morgan fingerprint density at radius 2 is 2.27 bits per heavy atom. The molecule has 0 saturated carbocycles. The molecule has 2 aliphatic heterocycles. The fourth-order valence-electron chi connectivity index (χ4n) is 1.84. The molecule has 2 fully saturated rings. The lowest BCUT2D eigenvalue weighted by molar-refractivity contribution is -0.124. The summed E-state index contributed by atoms with van der Waals surface area (Å²) in [6, 6.07) is 0. The largest absolute Gasteiger partial charge is 0.296 e. The minimum atomic E-state index is -1.16. The van der Waals surface area contributed by atoms with Crippen LogP contribution in [-0.4, -0.2) is 22.5 Å². The van der Waals surface area contributed by atoms with Crippen LogP contribution in [0.3, 0.4) is 0 Å². The van der Waals surface area contributed by atoms with Gasteiger partial charge in [-0.25, -0.2) is 4.39 Å². The highest BCUT2D eigenvalue weighted by Gasteiger charge is 2.39. The number of ketones is 1. The van der Waals surface area contributed by atoms with Gasteiger partial charge in [-0.15, -0.1) is 0 Å². The first-order valence-corrected chi connectivity index (χ1v) is 5.04. The number of alkyl halides is 1. The smallest absolute Gasteiger partial charge is 0.170 e. The van der Waals surface area contributed by atoms with Gasteiger partial charge in [0.2, 0.25) is 0 Å². The maximum Gasteiger partial charge on any atom is 0.170 e. The Morgan fingerprint density at radius 1 is 1.45 bits per heavy atom. The SMILES string of the molecule is O=C1CC2CCCC(S2)C1F. The summed E-state index contributed by atoms with van der Waals surface area (Å²) >= 11 is 1.69. The first-order chi connectivity index (χ1) is 5.27. The maximum absolute atomic E-state index is 13.1. The predicted octanol–water partition coefficient (Wildman–Crippen LogP) is 1.95. The minimum Gasteiger partial charge on any atom is -0.296 e. The van der Waals surface area contributed by atoms with Crippen molar-refractivity contribution in [1.82, 2.24) is 0 Å². The highest BCUT2D eigenvalue weighted by molar-refractivity contribution is 8.00. The summed E-state index contributed by atoms with van der Waals surface area (Å²) in [6.45, 7) is 0. The number of hydrogen-bond acceptors (Lipinski definition) is 2. The fourth-order valence-corrected chi connectivity index (χ4v) is 3.49. The predicted molar refractivity (Wildman–Crippen MR) is 43.5 cm³/mol. The maximum atomic E-state index is 13.1. The fraction of sp³-hybridized carbons (Fsp3) is 0.875. The molecule has 0 radical (unpaired) electrons. The Morgan fingerprint density at radius 3 is 3.09 bits per heavy atom. The van der Waals surface area contributed by atoms with E-state index in [0.29, 0.717) is 11.7 Å². The van der Waals surface area contributed by atoms with Crippen LogP contribution in [0.5, 0.6) is 0 Å². The number of carbonyl (C=O) groups excluding carboxylic acids is 1. The summed E-state index contributed by atoms with van der Waals surface area (Å²) in [5.41, 5.74) is 0. The van der Waals surface area contributed by atoms with E-state index in [-0.39, 0.29) is 11.0 Å². The molecule has 0 aliphatic carbocycles. The molecule has 2 rings (SSSR count). The number of Topliss-reactive ketones (excluding diaryl/α,β-unsaturated/α-hetero) is 1. The van der Waals surface area contributed by atoms with Crippen molar-refractivity contribution in [3.05, 3.63) is 0 Å². The van der Waals surface area contributed by atoms with Crippen LogP contribution in [0.1, 0.15) is 25.7 Å². The molecule has 3 unspecified atom stereocenters. The number of rotatable bonds is 0. The minimum absolute atomic E-state index is 0.00463. The van der Waals surface area contributed by atoms with Crippen LogP contribution in [-0.2, 0) is 4.79 Å². The zero-order valence-corrected chi connectivity index (χ0v) is 7.07. The molecule has 0 amide bonds. The van der Waals surface area contributed by atoms with E-state index in [0.717, 1.165) is 19.3 Å². The van der Waals surface area contributed by atoms with E-state index in [1.807, 2.05) is 0 Å². The summed E-state index contributed by atoms with van der Waals surface area (Å²) in [7, 11) is 0. The van der Waals surface area contributed by atoms with Crippen LogP contribution >= 0.6 is 11.8 Å². The molecule has 2 bridgehead atoms. The first-order valence-electron chi connectivity index (χ1n) is 4.09. The molecular weight excluding hydrogens is 163 g/mol. The second-order valence-electron chi connectivity index (χ2n) is 3.30. The van der Waals surface area contributed by atoms with Gasteiger partial charge in [-0.05, 0) is 12.8 Å². The molecule has 2 saturated heterocycles. The van der Waals surface area contributed by atoms with E-state index in [1.54, 1.807) is 11.8 Å². The molecule has 3 heteroatoms. The van der Waals surface area contributed by atoms with Crippen molar-refractivity contribution in [3.63, 3.8) is 0 Å². The summed E-state index contributed by atoms with van der Waals surface area (Å²) in [4.78, 5) is 11.0. The van der Waals surface area contributed by atoms with Gasteiger partial charge in [-0.3, -0.25) is 4.79 Å². The number of fused-ring (bicyclic) bond motifs is 2. The Bertz CT molecular complexity index is 183. The van der Waals surface area contributed by atoms with Crippen molar-refractivity contribution in [2.24, 2.45) is 0 Å². The monoisotopic (exact) mass is 174 g/mol. The Hall–Kier alpha value is -0.0500. The van der Waals surface area contributed by atoms with Crippen molar-refractivity contribution in [1.29, 1.82) is 0 Å². The van der Waals surface area contributed by atoms with Crippen LogP contribution in [0.4, 0.5) is 4.39 Å². The van der Waals surface area contributed by atoms with Crippen molar-refractivity contribution in [3.8, 4) is 0 Å². The van der Waals surface area contributed by atoms with Crippen molar-refractivity contribution in [2.45, 2.75) is 42.4 Å². The van der Waals surface area contributed by atoms with E-state index < -0.39 is 6.17 Å². The molecule has 0 aromatic carbocycles. The zero-order valence-electron chi connectivity index (χ0n) is 6.25. The van der Waals surface area contributed by atoms with Crippen LogP contribution < -0.4 is 0 Å².